The van der Waals surface area contributed by atoms with Crippen molar-refractivity contribution >= 4 is 0 Å². The van der Waals surface area contributed by atoms with Crippen LogP contribution in [0, 0.1) is 0 Å². The Morgan fingerprint density at radius 1 is 1.06 bits per heavy atom. The van der Waals surface area contributed by atoms with Gasteiger partial charge >= 0.3 is 0 Å². The van der Waals surface area contributed by atoms with Gasteiger partial charge in [-0.3, -0.25) is 0 Å². The summed E-state index contributed by atoms with van der Waals surface area (Å²) in [5.74, 6) is 0.406. The quantitative estimate of drug-likeness (QED) is 0.765. The fourth-order valence-electron chi connectivity index (χ4n) is 2.40. The van der Waals surface area contributed by atoms with E-state index in [1.54, 1.807) is 6.07 Å². The highest BCUT2D eigenvalue weighted by Gasteiger charge is 2.11. The smallest absolute Gasteiger partial charge is 0.120 e. The van der Waals surface area contributed by atoms with E-state index in [0.29, 0.717) is 11.8 Å². The van der Waals surface area contributed by atoms with Crippen LogP contribution >= 0.6 is 0 Å². The summed E-state index contributed by atoms with van der Waals surface area (Å²) in [5.41, 5.74) is 1.01. The number of hydrogen-bond donors (Lipinski definition) is 2. The predicted molar refractivity (Wildman–Crippen MR) is 66.4 cm³/mol. The SMILES string of the molecule is Oc1ccccc1CNC1CCCCCC1. The standard InChI is InChI=1S/C14H21NO/c16-14-10-6-5-7-12(14)11-15-13-8-3-1-2-4-9-13/h5-7,10,13,15-16H,1-4,8-9,11H2. The Morgan fingerprint density at radius 3 is 2.44 bits per heavy atom. The largest absolute Gasteiger partial charge is 0.508 e. The molecule has 2 N–H and O–H groups in total. The molecule has 1 aromatic carbocycles. The van der Waals surface area contributed by atoms with E-state index in [2.05, 4.69) is 5.32 Å². The van der Waals surface area contributed by atoms with Crippen LogP contribution in [0.25, 0.3) is 0 Å². The molecule has 0 heterocycles. The first-order valence-corrected chi connectivity index (χ1v) is 6.36. The zero-order valence-corrected chi connectivity index (χ0v) is 9.78. The van der Waals surface area contributed by atoms with Gasteiger partial charge in [0.05, 0.1) is 0 Å². The van der Waals surface area contributed by atoms with E-state index in [1.807, 2.05) is 18.2 Å². The van der Waals surface area contributed by atoms with Gasteiger partial charge < -0.3 is 10.4 Å². The van der Waals surface area contributed by atoms with E-state index < -0.39 is 0 Å². The van der Waals surface area contributed by atoms with Crippen molar-refractivity contribution in [2.24, 2.45) is 0 Å². The van der Waals surface area contributed by atoms with Crippen molar-refractivity contribution in [1.82, 2.24) is 5.32 Å². The Morgan fingerprint density at radius 2 is 1.75 bits per heavy atom. The van der Waals surface area contributed by atoms with Crippen molar-refractivity contribution < 1.29 is 5.11 Å². The van der Waals surface area contributed by atoms with Crippen molar-refractivity contribution in [3.8, 4) is 5.75 Å². The molecule has 0 aromatic heterocycles. The molecule has 1 fully saturated rings. The number of phenolic OH excluding ortho intramolecular Hbond substituents is 1. The van der Waals surface area contributed by atoms with Gasteiger partial charge in [-0.1, -0.05) is 43.9 Å². The average Bonchev–Trinajstić information content (AvgIpc) is 2.56. The monoisotopic (exact) mass is 219 g/mol. The van der Waals surface area contributed by atoms with E-state index >= 15 is 0 Å². The maximum Gasteiger partial charge on any atom is 0.120 e. The number of aromatic hydroxyl groups is 1. The molecule has 2 rings (SSSR count). The second-order valence-corrected chi connectivity index (χ2v) is 4.70. The molecular weight excluding hydrogens is 198 g/mol. The molecule has 16 heavy (non-hydrogen) atoms. The van der Waals surface area contributed by atoms with Crippen molar-refractivity contribution in [2.45, 2.75) is 51.1 Å². The summed E-state index contributed by atoms with van der Waals surface area (Å²) in [5, 5.41) is 13.2. The zero-order valence-electron chi connectivity index (χ0n) is 9.78. The van der Waals surface area contributed by atoms with Crippen LogP contribution in [0.4, 0.5) is 0 Å². The van der Waals surface area contributed by atoms with Gasteiger partial charge in [0.25, 0.3) is 0 Å². The molecule has 0 bridgehead atoms. The highest BCUT2D eigenvalue weighted by Crippen LogP contribution is 2.19. The number of para-hydroxylation sites is 1. The fourth-order valence-corrected chi connectivity index (χ4v) is 2.40. The van der Waals surface area contributed by atoms with E-state index in [1.165, 1.54) is 38.5 Å². The molecule has 1 aromatic rings. The number of benzene rings is 1. The molecule has 0 saturated heterocycles. The summed E-state index contributed by atoms with van der Waals surface area (Å²) in [6.07, 6.45) is 8.03. The lowest BCUT2D eigenvalue weighted by molar-refractivity contribution is 0.437. The minimum atomic E-state index is 0.406. The molecule has 1 aliphatic carbocycles. The van der Waals surface area contributed by atoms with Crippen LogP contribution in [0.15, 0.2) is 24.3 Å². The number of hydrogen-bond acceptors (Lipinski definition) is 2. The molecule has 0 radical (unpaired) electrons. The van der Waals surface area contributed by atoms with Gasteiger partial charge in [-0.25, -0.2) is 0 Å². The van der Waals surface area contributed by atoms with Gasteiger partial charge in [0.2, 0.25) is 0 Å². The van der Waals surface area contributed by atoms with Crippen LogP contribution in [-0.4, -0.2) is 11.1 Å². The van der Waals surface area contributed by atoms with Crippen LogP contribution < -0.4 is 5.32 Å². The number of nitrogens with one attached hydrogen (secondary N) is 1. The minimum absolute atomic E-state index is 0.406. The Labute approximate surface area is 97.7 Å². The second-order valence-electron chi connectivity index (χ2n) is 4.70. The highest BCUT2D eigenvalue weighted by molar-refractivity contribution is 5.31. The normalized spacial score (nSPS) is 18.2. The third-order valence-corrected chi connectivity index (χ3v) is 3.43. The molecule has 2 heteroatoms. The van der Waals surface area contributed by atoms with Crippen LogP contribution in [0.1, 0.15) is 44.1 Å². The summed E-state index contributed by atoms with van der Waals surface area (Å²) in [7, 11) is 0. The van der Waals surface area contributed by atoms with Crippen LogP contribution in [0.3, 0.4) is 0 Å². The van der Waals surface area contributed by atoms with Gasteiger partial charge in [0.15, 0.2) is 0 Å². The topological polar surface area (TPSA) is 32.3 Å². The maximum atomic E-state index is 9.66. The van der Waals surface area contributed by atoms with Gasteiger partial charge in [0, 0.05) is 18.2 Å². The molecule has 1 saturated carbocycles. The average molecular weight is 219 g/mol. The first-order chi connectivity index (χ1) is 7.86. The Bertz CT molecular complexity index is 316. The molecular formula is C14H21NO. The number of rotatable bonds is 3. The van der Waals surface area contributed by atoms with Crippen LogP contribution in [-0.2, 0) is 6.54 Å². The first-order valence-electron chi connectivity index (χ1n) is 6.36. The van der Waals surface area contributed by atoms with E-state index in [0.717, 1.165) is 12.1 Å². The van der Waals surface area contributed by atoms with E-state index in [9.17, 15) is 5.11 Å². The van der Waals surface area contributed by atoms with Gasteiger partial charge in [0.1, 0.15) is 5.75 Å². The molecule has 0 unspecified atom stereocenters. The Kier molecular flexibility index (Phi) is 4.23. The molecule has 2 nitrogen and oxygen atoms in total. The van der Waals surface area contributed by atoms with Crippen LogP contribution in [0.5, 0.6) is 5.75 Å². The van der Waals surface area contributed by atoms with Crippen molar-refractivity contribution in [3.05, 3.63) is 29.8 Å². The van der Waals surface area contributed by atoms with E-state index in [-0.39, 0.29) is 0 Å². The molecule has 0 aliphatic heterocycles. The molecule has 0 spiro atoms. The summed E-state index contributed by atoms with van der Waals surface area (Å²) in [6.45, 7) is 0.789. The summed E-state index contributed by atoms with van der Waals surface area (Å²) in [6, 6.07) is 8.22. The van der Waals surface area contributed by atoms with Gasteiger partial charge in [-0.2, -0.15) is 0 Å². The fraction of sp³-hybridized carbons (Fsp3) is 0.571. The third-order valence-electron chi connectivity index (χ3n) is 3.43. The zero-order chi connectivity index (χ0) is 11.2. The second kappa shape index (κ2) is 5.90. The summed E-state index contributed by atoms with van der Waals surface area (Å²) >= 11 is 0. The lowest BCUT2D eigenvalue weighted by Gasteiger charge is -2.16. The summed E-state index contributed by atoms with van der Waals surface area (Å²) in [4.78, 5) is 0. The lowest BCUT2D eigenvalue weighted by Crippen LogP contribution is -2.27. The third kappa shape index (κ3) is 3.24. The Hall–Kier alpha value is -1.02. The summed E-state index contributed by atoms with van der Waals surface area (Å²) < 4.78 is 0. The maximum absolute atomic E-state index is 9.66. The molecule has 0 amide bonds. The predicted octanol–water partition coefficient (Wildman–Crippen LogP) is 3.20. The van der Waals surface area contributed by atoms with Crippen molar-refractivity contribution in [2.75, 3.05) is 0 Å². The van der Waals surface area contributed by atoms with E-state index in [4.69, 9.17) is 0 Å². The minimum Gasteiger partial charge on any atom is -0.508 e. The molecule has 0 atom stereocenters. The first kappa shape index (κ1) is 11.5. The highest BCUT2D eigenvalue weighted by atomic mass is 16.3. The molecule has 88 valence electrons. The van der Waals surface area contributed by atoms with Gasteiger partial charge in [-0.15, -0.1) is 0 Å². The van der Waals surface area contributed by atoms with Crippen molar-refractivity contribution in [1.29, 1.82) is 0 Å². The van der Waals surface area contributed by atoms with Crippen molar-refractivity contribution in [3.63, 3.8) is 0 Å². The lowest BCUT2D eigenvalue weighted by atomic mass is 10.1. The Balaban J connectivity index is 1.84. The van der Waals surface area contributed by atoms with Gasteiger partial charge in [-0.05, 0) is 18.9 Å². The number of phenols is 1. The molecule has 1 aliphatic rings. The van der Waals surface area contributed by atoms with Crippen LogP contribution in [0.2, 0.25) is 0 Å².